The normalized spacial score (nSPS) is 20.2. The summed E-state index contributed by atoms with van der Waals surface area (Å²) in [6, 6.07) is 0.564. The molecule has 0 amide bonds. The molecule has 0 radical (unpaired) electrons. The summed E-state index contributed by atoms with van der Waals surface area (Å²) in [5, 5.41) is 0. The summed E-state index contributed by atoms with van der Waals surface area (Å²) in [4.78, 5) is 4.93. The van der Waals surface area contributed by atoms with Crippen LogP contribution in [0.1, 0.15) is 51.9 Å². The number of nitrogens with two attached hydrogens (primary N) is 1. The zero-order chi connectivity index (χ0) is 13.6. The van der Waals surface area contributed by atoms with E-state index in [1.54, 1.807) is 0 Å². The second-order valence-corrected chi connectivity index (χ2v) is 6.27. The SMILES string of the molecule is CCCCCC(CN)N(C)CC1(N(C)C)CCC1. The molecule has 2 N–H and O–H groups in total. The van der Waals surface area contributed by atoms with Gasteiger partial charge in [0.1, 0.15) is 0 Å². The van der Waals surface area contributed by atoms with E-state index >= 15 is 0 Å². The van der Waals surface area contributed by atoms with Crippen LogP contribution in [0.4, 0.5) is 0 Å². The van der Waals surface area contributed by atoms with Crippen molar-refractivity contribution in [2.45, 2.75) is 63.5 Å². The minimum absolute atomic E-state index is 0.424. The third-order valence-electron chi connectivity index (χ3n) is 4.81. The van der Waals surface area contributed by atoms with Gasteiger partial charge in [0.2, 0.25) is 0 Å². The first-order valence-corrected chi connectivity index (χ1v) is 7.63. The molecule has 1 aliphatic rings. The summed E-state index contributed by atoms with van der Waals surface area (Å²) in [6.45, 7) is 4.23. The molecule has 1 unspecified atom stereocenters. The van der Waals surface area contributed by atoms with E-state index in [2.05, 4.69) is 37.9 Å². The lowest BCUT2D eigenvalue weighted by atomic mass is 9.75. The van der Waals surface area contributed by atoms with E-state index in [1.807, 2.05) is 0 Å². The Hall–Kier alpha value is -0.120. The summed E-state index contributed by atoms with van der Waals surface area (Å²) < 4.78 is 0. The minimum atomic E-state index is 0.424. The van der Waals surface area contributed by atoms with E-state index in [0.29, 0.717) is 11.6 Å². The zero-order valence-electron chi connectivity index (χ0n) is 12.9. The van der Waals surface area contributed by atoms with Crippen molar-refractivity contribution in [1.29, 1.82) is 0 Å². The van der Waals surface area contributed by atoms with Gasteiger partial charge in [-0.15, -0.1) is 0 Å². The molecule has 0 aromatic rings. The van der Waals surface area contributed by atoms with Crippen molar-refractivity contribution >= 4 is 0 Å². The summed E-state index contributed by atoms with van der Waals surface area (Å²) in [5.74, 6) is 0. The van der Waals surface area contributed by atoms with Gasteiger partial charge in [-0.2, -0.15) is 0 Å². The van der Waals surface area contributed by atoms with E-state index in [4.69, 9.17) is 5.73 Å². The maximum atomic E-state index is 5.96. The Morgan fingerprint density at radius 1 is 1.17 bits per heavy atom. The molecule has 18 heavy (non-hydrogen) atoms. The predicted octanol–water partition coefficient (Wildman–Crippen LogP) is 2.31. The second kappa shape index (κ2) is 7.46. The van der Waals surface area contributed by atoms with E-state index in [0.717, 1.165) is 6.54 Å². The van der Waals surface area contributed by atoms with Crippen LogP contribution in [0.25, 0.3) is 0 Å². The molecular weight excluding hydrogens is 222 g/mol. The molecule has 1 saturated carbocycles. The van der Waals surface area contributed by atoms with Crippen molar-refractivity contribution in [2.24, 2.45) is 5.73 Å². The molecule has 0 aromatic heterocycles. The van der Waals surface area contributed by atoms with Crippen LogP contribution < -0.4 is 5.73 Å². The Morgan fingerprint density at radius 3 is 2.22 bits per heavy atom. The van der Waals surface area contributed by atoms with Crippen LogP contribution in [0.5, 0.6) is 0 Å². The van der Waals surface area contributed by atoms with Gasteiger partial charge in [-0.1, -0.05) is 26.2 Å². The molecule has 1 atom stereocenters. The van der Waals surface area contributed by atoms with Gasteiger partial charge in [0.15, 0.2) is 0 Å². The molecule has 3 nitrogen and oxygen atoms in total. The topological polar surface area (TPSA) is 32.5 Å². The Balaban J connectivity index is 2.43. The zero-order valence-corrected chi connectivity index (χ0v) is 12.9. The Bertz CT molecular complexity index is 224. The summed E-state index contributed by atoms with van der Waals surface area (Å²) in [7, 11) is 6.70. The van der Waals surface area contributed by atoms with Crippen molar-refractivity contribution in [1.82, 2.24) is 9.80 Å². The summed E-state index contributed by atoms with van der Waals surface area (Å²) >= 11 is 0. The van der Waals surface area contributed by atoms with Crippen molar-refractivity contribution in [2.75, 3.05) is 34.2 Å². The average molecular weight is 255 g/mol. The number of hydrogen-bond acceptors (Lipinski definition) is 3. The van der Waals surface area contributed by atoms with Gasteiger partial charge >= 0.3 is 0 Å². The van der Waals surface area contributed by atoms with Crippen molar-refractivity contribution in [3.8, 4) is 0 Å². The monoisotopic (exact) mass is 255 g/mol. The van der Waals surface area contributed by atoms with Gasteiger partial charge in [0, 0.05) is 24.7 Å². The van der Waals surface area contributed by atoms with Crippen LogP contribution in [-0.4, -0.2) is 55.6 Å². The second-order valence-electron chi connectivity index (χ2n) is 6.27. The number of unbranched alkanes of at least 4 members (excludes halogenated alkanes) is 2. The van der Waals surface area contributed by atoms with Crippen LogP contribution in [0.15, 0.2) is 0 Å². The number of hydrogen-bond donors (Lipinski definition) is 1. The van der Waals surface area contributed by atoms with E-state index in [1.165, 1.54) is 51.5 Å². The van der Waals surface area contributed by atoms with Crippen molar-refractivity contribution in [3.63, 3.8) is 0 Å². The lowest BCUT2D eigenvalue weighted by molar-refractivity contribution is 0.0158. The van der Waals surface area contributed by atoms with E-state index < -0.39 is 0 Å². The lowest BCUT2D eigenvalue weighted by Gasteiger charge is -2.50. The Labute approximate surface area is 114 Å². The summed E-state index contributed by atoms with van der Waals surface area (Å²) in [6.07, 6.45) is 9.27. The van der Waals surface area contributed by atoms with E-state index in [-0.39, 0.29) is 0 Å². The Kier molecular flexibility index (Phi) is 6.61. The van der Waals surface area contributed by atoms with Gasteiger partial charge in [-0.05, 0) is 46.8 Å². The molecule has 0 bridgehead atoms. The maximum absolute atomic E-state index is 5.96. The van der Waals surface area contributed by atoms with Crippen LogP contribution in [0.2, 0.25) is 0 Å². The first-order valence-electron chi connectivity index (χ1n) is 7.63. The van der Waals surface area contributed by atoms with Gasteiger partial charge in [0.25, 0.3) is 0 Å². The molecule has 1 fully saturated rings. The van der Waals surface area contributed by atoms with Crippen LogP contribution >= 0.6 is 0 Å². The molecule has 0 saturated heterocycles. The van der Waals surface area contributed by atoms with Crippen LogP contribution in [0.3, 0.4) is 0 Å². The van der Waals surface area contributed by atoms with Crippen LogP contribution in [-0.2, 0) is 0 Å². The largest absolute Gasteiger partial charge is 0.329 e. The fraction of sp³-hybridized carbons (Fsp3) is 1.00. The van der Waals surface area contributed by atoms with Crippen molar-refractivity contribution < 1.29 is 0 Å². The molecule has 0 spiro atoms. The standard InChI is InChI=1S/C15H33N3/c1-5-6-7-9-14(12-16)18(4)13-15(17(2)3)10-8-11-15/h14H,5-13,16H2,1-4H3. The quantitative estimate of drug-likeness (QED) is 0.642. The first-order chi connectivity index (χ1) is 8.55. The highest BCUT2D eigenvalue weighted by Crippen LogP contribution is 2.37. The third kappa shape index (κ3) is 3.94. The lowest BCUT2D eigenvalue weighted by Crippen LogP contribution is -2.58. The summed E-state index contributed by atoms with van der Waals surface area (Å²) in [5.41, 5.74) is 6.38. The number of likely N-dealkylation sites (N-methyl/N-ethyl adjacent to an activating group) is 2. The highest BCUT2D eigenvalue weighted by atomic mass is 15.2. The predicted molar refractivity (Wildman–Crippen MR) is 79.9 cm³/mol. The highest BCUT2D eigenvalue weighted by molar-refractivity contribution is 4.98. The van der Waals surface area contributed by atoms with Gasteiger partial charge in [0.05, 0.1) is 0 Å². The fourth-order valence-corrected chi connectivity index (χ4v) is 3.07. The van der Waals surface area contributed by atoms with Crippen LogP contribution in [0, 0.1) is 0 Å². The number of nitrogens with zero attached hydrogens (tertiary/aromatic N) is 2. The average Bonchev–Trinajstić information content (AvgIpc) is 2.28. The molecular formula is C15H33N3. The number of rotatable bonds is 9. The fourth-order valence-electron chi connectivity index (χ4n) is 3.07. The minimum Gasteiger partial charge on any atom is -0.329 e. The molecule has 0 aromatic carbocycles. The maximum Gasteiger partial charge on any atom is 0.0330 e. The third-order valence-corrected chi connectivity index (χ3v) is 4.81. The molecule has 108 valence electrons. The van der Waals surface area contributed by atoms with Gasteiger partial charge in [-0.3, -0.25) is 0 Å². The smallest absolute Gasteiger partial charge is 0.0330 e. The van der Waals surface area contributed by atoms with Gasteiger partial charge < -0.3 is 15.5 Å². The molecule has 0 heterocycles. The Morgan fingerprint density at radius 2 is 1.83 bits per heavy atom. The first kappa shape index (κ1) is 15.9. The molecule has 1 rings (SSSR count). The molecule has 0 aliphatic heterocycles. The van der Waals surface area contributed by atoms with Crippen molar-refractivity contribution in [3.05, 3.63) is 0 Å². The highest BCUT2D eigenvalue weighted by Gasteiger charge is 2.40. The van der Waals surface area contributed by atoms with E-state index in [9.17, 15) is 0 Å². The molecule has 1 aliphatic carbocycles. The molecule has 3 heteroatoms. The van der Waals surface area contributed by atoms with Gasteiger partial charge in [-0.25, -0.2) is 0 Å².